The zero-order chi connectivity index (χ0) is 20.8. The van der Waals surface area contributed by atoms with E-state index in [1.54, 1.807) is 54.6 Å². The molecule has 0 unspecified atom stereocenters. The van der Waals surface area contributed by atoms with Gasteiger partial charge in [-0.25, -0.2) is 10.2 Å². The number of nitrogens with zero attached hydrogens (tertiary/aromatic N) is 1. The minimum Gasteiger partial charge on any atom is -0.465 e. The van der Waals surface area contributed by atoms with E-state index >= 15 is 0 Å². The van der Waals surface area contributed by atoms with E-state index in [4.69, 9.17) is 18.6 Å². The number of carbonyl (C=O) groups is 2. The Balaban J connectivity index is 1.29. The molecule has 0 aliphatic carbocycles. The van der Waals surface area contributed by atoms with Crippen LogP contribution >= 0.6 is 0 Å². The van der Waals surface area contributed by atoms with Gasteiger partial charge in [-0.2, -0.15) is 5.10 Å². The summed E-state index contributed by atoms with van der Waals surface area (Å²) >= 11 is 0. The second kappa shape index (κ2) is 8.78. The Labute approximate surface area is 171 Å². The molecule has 0 saturated carbocycles. The van der Waals surface area contributed by atoms with E-state index in [9.17, 15) is 9.59 Å². The van der Waals surface area contributed by atoms with Crippen LogP contribution in [0.3, 0.4) is 0 Å². The van der Waals surface area contributed by atoms with Crippen molar-refractivity contribution in [1.29, 1.82) is 0 Å². The molecule has 1 aliphatic heterocycles. The smallest absolute Gasteiger partial charge is 0.336 e. The first-order valence-corrected chi connectivity index (χ1v) is 8.94. The van der Waals surface area contributed by atoms with E-state index in [0.717, 1.165) is 0 Å². The number of hydrogen-bond donors (Lipinski definition) is 1. The third-order valence-corrected chi connectivity index (χ3v) is 4.04. The first kappa shape index (κ1) is 19.0. The summed E-state index contributed by atoms with van der Waals surface area (Å²) in [6.07, 6.45) is 5.79. The Bertz CT molecular complexity index is 1100. The first-order valence-electron chi connectivity index (χ1n) is 8.94. The number of hydrazone groups is 1. The fraction of sp³-hybridized carbons (Fsp3) is 0.0455. The molecule has 0 bridgehead atoms. The molecule has 1 amide bonds. The number of furan rings is 1. The predicted octanol–water partition coefficient (Wildman–Crippen LogP) is 3.39. The van der Waals surface area contributed by atoms with Crippen LogP contribution in [-0.4, -0.2) is 24.9 Å². The molecule has 2 heterocycles. The van der Waals surface area contributed by atoms with Gasteiger partial charge in [0.2, 0.25) is 6.79 Å². The molecule has 8 heteroatoms. The molecular formula is C22H16N2O6. The third kappa shape index (κ3) is 4.74. The Morgan fingerprint density at radius 2 is 1.87 bits per heavy atom. The molecule has 0 fully saturated rings. The van der Waals surface area contributed by atoms with Gasteiger partial charge in [0.05, 0.1) is 12.5 Å². The molecule has 0 radical (unpaired) electrons. The van der Waals surface area contributed by atoms with Crippen LogP contribution < -0.4 is 19.6 Å². The average molecular weight is 404 g/mol. The van der Waals surface area contributed by atoms with Gasteiger partial charge >= 0.3 is 5.97 Å². The van der Waals surface area contributed by atoms with Gasteiger partial charge in [0.15, 0.2) is 11.5 Å². The summed E-state index contributed by atoms with van der Waals surface area (Å²) < 4.78 is 20.8. The van der Waals surface area contributed by atoms with Crippen molar-refractivity contribution in [2.24, 2.45) is 5.10 Å². The van der Waals surface area contributed by atoms with E-state index in [1.807, 2.05) is 0 Å². The molecule has 1 N–H and O–H groups in total. The molecule has 30 heavy (non-hydrogen) atoms. The fourth-order valence-corrected chi connectivity index (χ4v) is 2.58. The summed E-state index contributed by atoms with van der Waals surface area (Å²) in [5.74, 6) is 1.16. The molecule has 1 aromatic heterocycles. The standard InChI is InChI=1S/C22H16N2O6/c25-21(10-8-17-2-1-11-27-17)30-18-6-3-15(4-7-18)13-23-24-22(26)16-5-9-19-20(12-16)29-14-28-19/h1-13H,14H2,(H,24,26)/b10-8+,23-13+. The van der Waals surface area contributed by atoms with Crippen LogP contribution in [0.15, 0.2) is 76.5 Å². The Morgan fingerprint density at radius 1 is 1.03 bits per heavy atom. The molecule has 4 rings (SSSR count). The number of carbonyl (C=O) groups excluding carboxylic acids is 2. The summed E-state index contributed by atoms with van der Waals surface area (Å²) in [5, 5.41) is 3.93. The van der Waals surface area contributed by atoms with E-state index < -0.39 is 5.97 Å². The largest absolute Gasteiger partial charge is 0.465 e. The van der Waals surface area contributed by atoms with Crippen LogP contribution in [0.25, 0.3) is 6.08 Å². The number of hydrogen-bond acceptors (Lipinski definition) is 7. The zero-order valence-corrected chi connectivity index (χ0v) is 15.6. The molecular weight excluding hydrogens is 388 g/mol. The highest BCUT2D eigenvalue weighted by Gasteiger charge is 2.15. The van der Waals surface area contributed by atoms with Gasteiger partial charge < -0.3 is 18.6 Å². The highest BCUT2D eigenvalue weighted by atomic mass is 16.7. The topological polar surface area (TPSA) is 99.4 Å². The molecule has 1 aliphatic rings. The third-order valence-electron chi connectivity index (χ3n) is 4.04. The fourth-order valence-electron chi connectivity index (χ4n) is 2.58. The van der Waals surface area contributed by atoms with Crippen molar-refractivity contribution >= 4 is 24.2 Å². The van der Waals surface area contributed by atoms with Crippen LogP contribution in [0, 0.1) is 0 Å². The molecule has 0 saturated heterocycles. The van der Waals surface area contributed by atoms with Gasteiger partial charge in [0.25, 0.3) is 5.91 Å². The number of rotatable bonds is 6. The van der Waals surface area contributed by atoms with Crippen LogP contribution in [0.2, 0.25) is 0 Å². The zero-order valence-electron chi connectivity index (χ0n) is 15.6. The van der Waals surface area contributed by atoms with Gasteiger partial charge in [-0.3, -0.25) is 4.79 Å². The molecule has 0 atom stereocenters. The van der Waals surface area contributed by atoms with Crippen LogP contribution in [-0.2, 0) is 4.79 Å². The van der Waals surface area contributed by atoms with E-state index in [0.29, 0.717) is 34.1 Å². The van der Waals surface area contributed by atoms with Gasteiger partial charge in [-0.1, -0.05) is 0 Å². The highest BCUT2D eigenvalue weighted by molar-refractivity contribution is 5.95. The minimum absolute atomic E-state index is 0.143. The predicted molar refractivity (Wildman–Crippen MR) is 107 cm³/mol. The SMILES string of the molecule is O=C(/C=C/c1ccco1)Oc1ccc(/C=N/NC(=O)c2ccc3c(c2)OCO3)cc1. The van der Waals surface area contributed by atoms with Gasteiger partial charge in [-0.05, 0) is 66.2 Å². The second-order valence-electron chi connectivity index (χ2n) is 6.11. The van der Waals surface area contributed by atoms with Crippen LogP contribution in [0.5, 0.6) is 17.2 Å². The van der Waals surface area contributed by atoms with Crippen molar-refractivity contribution in [1.82, 2.24) is 5.43 Å². The summed E-state index contributed by atoms with van der Waals surface area (Å²) in [6.45, 7) is 0.143. The van der Waals surface area contributed by atoms with Crippen molar-refractivity contribution in [3.8, 4) is 17.2 Å². The van der Waals surface area contributed by atoms with E-state index in [1.165, 1.54) is 24.6 Å². The Hall–Kier alpha value is -4.33. The monoisotopic (exact) mass is 404 g/mol. The van der Waals surface area contributed by atoms with Crippen molar-refractivity contribution in [3.63, 3.8) is 0 Å². The number of ether oxygens (including phenoxy) is 3. The maximum Gasteiger partial charge on any atom is 0.336 e. The maximum absolute atomic E-state index is 12.2. The summed E-state index contributed by atoms with van der Waals surface area (Å²) in [6, 6.07) is 15.0. The van der Waals surface area contributed by atoms with Crippen molar-refractivity contribution in [3.05, 3.63) is 83.8 Å². The molecule has 150 valence electrons. The number of nitrogens with one attached hydrogen (secondary N) is 1. The van der Waals surface area contributed by atoms with Crippen molar-refractivity contribution < 1.29 is 28.2 Å². The molecule has 3 aromatic rings. The van der Waals surface area contributed by atoms with Crippen molar-refractivity contribution in [2.75, 3.05) is 6.79 Å². The lowest BCUT2D eigenvalue weighted by Gasteiger charge is -2.02. The lowest BCUT2D eigenvalue weighted by molar-refractivity contribution is -0.128. The number of fused-ring (bicyclic) bond motifs is 1. The average Bonchev–Trinajstić information content (AvgIpc) is 3.44. The van der Waals surface area contributed by atoms with Crippen LogP contribution in [0.1, 0.15) is 21.7 Å². The number of benzene rings is 2. The highest BCUT2D eigenvalue weighted by Crippen LogP contribution is 2.32. The second-order valence-corrected chi connectivity index (χ2v) is 6.11. The maximum atomic E-state index is 12.2. The summed E-state index contributed by atoms with van der Waals surface area (Å²) in [5.41, 5.74) is 3.56. The van der Waals surface area contributed by atoms with Gasteiger partial charge in [-0.15, -0.1) is 0 Å². The lowest BCUT2D eigenvalue weighted by Crippen LogP contribution is -2.17. The number of esters is 1. The van der Waals surface area contributed by atoms with Gasteiger partial charge in [0, 0.05) is 11.6 Å². The van der Waals surface area contributed by atoms with Crippen molar-refractivity contribution in [2.45, 2.75) is 0 Å². The van der Waals surface area contributed by atoms with Crippen LogP contribution in [0.4, 0.5) is 0 Å². The van der Waals surface area contributed by atoms with E-state index in [2.05, 4.69) is 10.5 Å². The molecule has 2 aromatic carbocycles. The first-order chi connectivity index (χ1) is 14.7. The van der Waals surface area contributed by atoms with E-state index in [-0.39, 0.29) is 12.7 Å². The Morgan fingerprint density at radius 3 is 2.67 bits per heavy atom. The molecule has 0 spiro atoms. The molecule has 8 nitrogen and oxygen atoms in total. The normalized spacial score (nSPS) is 12.4. The number of amides is 1. The quantitative estimate of drug-likeness (QED) is 0.222. The van der Waals surface area contributed by atoms with Gasteiger partial charge in [0.1, 0.15) is 11.5 Å². The summed E-state index contributed by atoms with van der Waals surface area (Å²) in [4.78, 5) is 24.0. The minimum atomic E-state index is -0.524. The summed E-state index contributed by atoms with van der Waals surface area (Å²) in [7, 11) is 0. The Kier molecular flexibility index (Phi) is 5.56. The lowest BCUT2D eigenvalue weighted by atomic mass is 10.2.